The summed E-state index contributed by atoms with van der Waals surface area (Å²) in [6.45, 7) is 8.51. The first kappa shape index (κ1) is 16.4. The van der Waals surface area contributed by atoms with Crippen molar-refractivity contribution in [1.82, 2.24) is 0 Å². The average Bonchev–Trinajstić information content (AvgIpc) is 2.25. The van der Waals surface area contributed by atoms with E-state index in [1.165, 1.54) is 12.1 Å². The summed E-state index contributed by atoms with van der Waals surface area (Å²) in [4.78, 5) is 10.2. The molecule has 0 radical (unpaired) electrons. The molecule has 0 fully saturated rings. The lowest BCUT2D eigenvalue weighted by atomic mass is 9.95. The van der Waals surface area contributed by atoms with Crippen molar-refractivity contribution in [2.75, 3.05) is 5.32 Å². The van der Waals surface area contributed by atoms with Crippen molar-refractivity contribution in [3.63, 3.8) is 0 Å². The maximum atomic E-state index is 13.4. The molecule has 1 rings (SSSR count). The summed E-state index contributed by atoms with van der Waals surface area (Å²) in [5.74, 6) is 0.430. The van der Waals surface area contributed by atoms with Gasteiger partial charge in [-0.25, -0.2) is 4.39 Å². The second kappa shape index (κ2) is 7.22. The standard InChI is InChI=1S/C15H23FN2O2/c1-10(2)5-13(6-11(3)4)17-14-7-12(16)8-15(9-14)18(19)20/h7-11,13,17H,5-6H2,1-4H3. The maximum Gasteiger partial charge on any atom is 0.274 e. The van der Waals surface area contributed by atoms with Gasteiger partial charge in [0.15, 0.2) is 0 Å². The van der Waals surface area contributed by atoms with Crippen LogP contribution in [0.3, 0.4) is 0 Å². The molecule has 0 aliphatic heterocycles. The van der Waals surface area contributed by atoms with E-state index in [1.807, 2.05) is 0 Å². The lowest BCUT2D eigenvalue weighted by molar-refractivity contribution is -0.385. The Kier molecular flexibility index (Phi) is 5.92. The topological polar surface area (TPSA) is 55.2 Å². The molecule has 0 heterocycles. The summed E-state index contributed by atoms with van der Waals surface area (Å²) in [5, 5.41) is 14.0. The van der Waals surface area contributed by atoms with Crippen LogP contribution in [0.25, 0.3) is 0 Å². The van der Waals surface area contributed by atoms with Gasteiger partial charge in [0, 0.05) is 17.8 Å². The van der Waals surface area contributed by atoms with Crippen molar-refractivity contribution in [2.24, 2.45) is 11.8 Å². The monoisotopic (exact) mass is 282 g/mol. The number of halogens is 1. The number of nitrogens with one attached hydrogen (secondary N) is 1. The second-order valence-electron chi connectivity index (χ2n) is 6.06. The maximum absolute atomic E-state index is 13.4. The van der Waals surface area contributed by atoms with Crippen molar-refractivity contribution >= 4 is 11.4 Å². The molecular weight excluding hydrogens is 259 g/mol. The van der Waals surface area contributed by atoms with Crippen LogP contribution in [0, 0.1) is 27.8 Å². The minimum Gasteiger partial charge on any atom is -0.382 e. The number of non-ortho nitro benzene ring substituents is 1. The fraction of sp³-hybridized carbons (Fsp3) is 0.600. The van der Waals surface area contributed by atoms with E-state index in [1.54, 1.807) is 0 Å². The molecule has 0 aliphatic carbocycles. The van der Waals surface area contributed by atoms with E-state index in [9.17, 15) is 14.5 Å². The van der Waals surface area contributed by atoms with Crippen LogP contribution >= 0.6 is 0 Å². The fourth-order valence-corrected chi connectivity index (χ4v) is 2.35. The Morgan fingerprint density at radius 2 is 1.70 bits per heavy atom. The summed E-state index contributed by atoms with van der Waals surface area (Å²) >= 11 is 0. The van der Waals surface area contributed by atoms with Crippen LogP contribution in [0.1, 0.15) is 40.5 Å². The summed E-state index contributed by atoms with van der Waals surface area (Å²) < 4.78 is 13.4. The Balaban J connectivity index is 2.89. The first-order valence-electron chi connectivity index (χ1n) is 6.99. The quantitative estimate of drug-likeness (QED) is 0.587. The number of benzene rings is 1. The molecule has 0 aromatic heterocycles. The number of rotatable bonds is 7. The molecular formula is C15H23FN2O2. The van der Waals surface area contributed by atoms with E-state index in [-0.39, 0.29) is 11.7 Å². The van der Waals surface area contributed by atoms with Crippen LogP contribution in [0.2, 0.25) is 0 Å². The third-order valence-corrected chi connectivity index (χ3v) is 2.98. The molecule has 0 aliphatic rings. The number of nitro benzene ring substituents is 1. The Morgan fingerprint density at radius 3 is 2.15 bits per heavy atom. The predicted molar refractivity (Wildman–Crippen MR) is 79.4 cm³/mol. The molecule has 0 saturated carbocycles. The molecule has 20 heavy (non-hydrogen) atoms. The first-order chi connectivity index (χ1) is 9.27. The minimum absolute atomic E-state index is 0.191. The Labute approximate surface area is 119 Å². The Hall–Kier alpha value is -1.65. The van der Waals surface area contributed by atoms with Crippen molar-refractivity contribution < 1.29 is 9.31 Å². The first-order valence-corrected chi connectivity index (χ1v) is 6.99. The lowest BCUT2D eigenvalue weighted by Crippen LogP contribution is -2.23. The molecule has 1 aromatic rings. The van der Waals surface area contributed by atoms with Gasteiger partial charge in [0.2, 0.25) is 0 Å². The third kappa shape index (κ3) is 5.55. The normalized spacial score (nSPS) is 11.4. The van der Waals surface area contributed by atoms with Gasteiger partial charge in [-0.3, -0.25) is 10.1 Å². The zero-order chi connectivity index (χ0) is 15.3. The average molecular weight is 282 g/mol. The number of nitro groups is 1. The van der Waals surface area contributed by atoms with Gasteiger partial charge >= 0.3 is 0 Å². The zero-order valence-electron chi connectivity index (χ0n) is 12.5. The molecule has 1 aromatic carbocycles. The highest BCUT2D eigenvalue weighted by atomic mass is 19.1. The molecule has 0 amide bonds. The molecule has 112 valence electrons. The van der Waals surface area contributed by atoms with Gasteiger partial charge in [-0.2, -0.15) is 0 Å². The van der Waals surface area contributed by atoms with Crippen molar-refractivity contribution in [3.05, 3.63) is 34.1 Å². The van der Waals surface area contributed by atoms with Gasteiger partial charge in [-0.05, 0) is 30.7 Å². The van der Waals surface area contributed by atoms with Crippen LogP contribution in [-0.2, 0) is 0 Å². The van der Waals surface area contributed by atoms with Crippen molar-refractivity contribution in [1.29, 1.82) is 0 Å². The van der Waals surface area contributed by atoms with Crippen LogP contribution in [0.5, 0.6) is 0 Å². The van der Waals surface area contributed by atoms with Gasteiger partial charge in [0.1, 0.15) is 5.82 Å². The molecule has 5 heteroatoms. The highest BCUT2D eigenvalue weighted by Crippen LogP contribution is 2.23. The summed E-state index contributed by atoms with van der Waals surface area (Å²) in [5.41, 5.74) is 0.253. The zero-order valence-corrected chi connectivity index (χ0v) is 12.5. The van der Waals surface area contributed by atoms with Gasteiger partial charge in [-0.15, -0.1) is 0 Å². The number of hydrogen-bond donors (Lipinski definition) is 1. The van der Waals surface area contributed by atoms with Gasteiger partial charge in [-0.1, -0.05) is 27.7 Å². The van der Waals surface area contributed by atoms with E-state index in [4.69, 9.17) is 0 Å². The summed E-state index contributed by atoms with van der Waals surface area (Å²) in [6, 6.07) is 3.82. The van der Waals surface area contributed by atoms with Gasteiger partial charge in [0.25, 0.3) is 5.69 Å². The predicted octanol–water partition coefficient (Wildman–Crippen LogP) is 4.61. The Morgan fingerprint density at radius 1 is 1.15 bits per heavy atom. The molecule has 0 saturated heterocycles. The van der Waals surface area contributed by atoms with E-state index in [0.29, 0.717) is 17.5 Å². The lowest BCUT2D eigenvalue weighted by Gasteiger charge is -2.23. The van der Waals surface area contributed by atoms with E-state index < -0.39 is 10.7 Å². The second-order valence-corrected chi connectivity index (χ2v) is 6.06. The van der Waals surface area contributed by atoms with Crippen LogP contribution in [-0.4, -0.2) is 11.0 Å². The van der Waals surface area contributed by atoms with Crippen LogP contribution in [0.4, 0.5) is 15.8 Å². The molecule has 0 atom stereocenters. The van der Waals surface area contributed by atoms with Crippen molar-refractivity contribution in [3.8, 4) is 0 Å². The van der Waals surface area contributed by atoms with E-state index >= 15 is 0 Å². The third-order valence-electron chi connectivity index (χ3n) is 2.98. The van der Waals surface area contributed by atoms with Gasteiger partial charge < -0.3 is 5.32 Å². The molecule has 4 nitrogen and oxygen atoms in total. The number of anilines is 1. The van der Waals surface area contributed by atoms with E-state index in [0.717, 1.165) is 18.9 Å². The molecule has 0 bridgehead atoms. The summed E-state index contributed by atoms with van der Waals surface area (Å²) in [7, 11) is 0. The highest BCUT2D eigenvalue weighted by Gasteiger charge is 2.15. The largest absolute Gasteiger partial charge is 0.382 e. The molecule has 0 unspecified atom stereocenters. The highest BCUT2D eigenvalue weighted by molar-refractivity contribution is 5.52. The Bertz CT molecular complexity index is 451. The number of hydrogen-bond acceptors (Lipinski definition) is 3. The molecule has 0 spiro atoms. The van der Waals surface area contributed by atoms with Crippen LogP contribution in [0.15, 0.2) is 18.2 Å². The summed E-state index contributed by atoms with van der Waals surface area (Å²) in [6.07, 6.45) is 1.89. The smallest absolute Gasteiger partial charge is 0.274 e. The minimum atomic E-state index is -0.588. The fourth-order valence-electron chi connectivity index (χ4n) is 2.35. The van der Waals surface area contributed by atoms with Gasteiger partial charge in [0.05, 0.1) is 11.0 Å². The number of nitrogens with zero attached hydrogens (tertiary/aromatic N) is 1. The van der Waals surface area contributed by atoms with Crippen LogP contribution < -0.4 is 5.32 Å². The van der Waals surface area contributed by atoms with Crippen molar-refractivity contribution in [2.45, 2.75) is 46.6 Å². The molecule has 1 N–H and O–H groups in total. The van der Waals surface area contributed by atoms with E-state index in [2.05, 4.69) is 33.0 Å². The SMILES string of the molecule is CC(C)CC(CC(C)C)Nc1cc(F)cc([N+](=O)[O-])c1.